The number of aliphatic carboxylic acids is 1. The molecule has 0 bridgehead atoms. The molecule has 5 heteroatoms. The molecule has 1 saturated heterocycles. The summed E-state index contributed by atoms with van der Waals surface area (Å²) >= 11 is 0. The summed E-state index contributed by atoms with van der Waals surface area (Å²) in [5, 5.41) is 13.8. The van der Waals surface area contributed by atoms with Gasteiger partial charge in [-0.15, -0.1) is 0 Å². The van der Waals surface area contributed by atoms with Crippen molar-refractivity contribution in [1.29, 1.82) is 0 Å². The number of hydrogen-bond donors (Lipinski definition) is 1. The summed E-state index contributed by atoms with van der Waals surface area (Å²) in [6.07, 6.45) is 4.36. The molecule has 0 aliphatic carbocycles. The average Bonchev–Trinajstić information content (AvgIpc) is 2.88. The first-order valence-corrected chi connectivity index (χ1v) is 6.50. The highest BCUT2D eigenvalue weighted by Crippen LogP contribution is 2.36. The van der Waals surface area contributed by atoms with Crippen LogP contribution in [0, 0.1) is 5.41 Å². The van der Waals surface area contributed by atoms with Crippen LogP contribution in [0.15, 0.2) is 12.3 Å². The van der Waals surface area contributed by atoms with Gasteiger partial charge >= 0.3 is 5.97 Å². The van der Waals surface area contributed by atoms with E-state index in [0.717, 1.165) is 38.0 Å². The third-order valence-corrected chi connectivity index (χ3v) is 3.77. The zero-order valence-corrected chi connectivity index (χ0v) is 11.1. The summed E-state index contributed by atoms with van der Waals surface area (Å²) in [7, 11) is 1.89. The van der Waals surface area contributed by atoms with Crippen molar-refractivity contribution in [2.24, 2.45) is 12.5 Å². The first kappa shape index (κ1) is 13.1. The highest BCUT2D eigenvalue weighted by atomic mass is 16.4. The Morgan fingerprint density at radius 3 is 2.94 bits per heavy atom. The molecule has 2 heterocycles. The van der Waals surface area contributed by atoms with Crippen LogP contribution in [0.3, 0.4) is 0 Å². The van der Waals surface area contributed by atoms with Gasteiger partial charge in [-0.2, -0.15) is 5.10 Å². The van der Waals surface area contributed by atoms with E-state index in [-0.39, 0.29) is 0 Å². The fourth-order valence-corrected chi connectivity index (χ4v) is 2.83. The Hall–Kier alpha value is -1.36. The Kier molecular flexibility index (Phi) is 3.71. The summed E-state index contributed by atoms with van der Waals surface area (Å²) in [6.45, 7) is 4.29. The number of hydrogen-bond acceptors (Lipinski definition) is 3. The number of aromatic nitrogens is 2. The van der Waals surface area contributed by atoms with E-state index in [4.69, 9.17) is 0 Å². The van der Waals surface area contributed by atoms with Crippen molar-refractivity contribution in [3.8, 4) is 0 Å². The molecule has 1 atom stereocenters. The van der Waals surface area contributed by atoms with Crippen LogP contribution in [0.4, 0.5) is 0 Å². The summed E-state index contributed by atoms with van der Waals surface area (Å²) in [6, 6.07) is 1.99. The number of carbonyl (C=O) groups is 1. The van der Waals surface area contributed by atoms with Crippen molar-refractivity contribution in [3.05, 3.63) is 18.0 Å². The van der Waals surface area contributed by atoms with Crippen molar-refractivity contribution in [3.63, 3.8) is 0 Å². The first-order chi connectivity index (χ1) is 8.55. The Bertz CT molecular complexity index is 430. The fraction of sp³-hybridized carbons (Fsp3) is 0.692. The van der Waals surface area contributed by atoms with E-state index in [9.17, 15) is 9.90 Å². The minimum absolute atomic E-state index is 0.538. The number of rotatable bonds is 5. The van der Waals surface area contributed by atoms with Gasteiger partial charge in [-0.1, -0.05) is 13.3 Å². The Morgan fingerprint density at radius 1 is 1.61 bits per heavy atom. The average molecular weight is 251 g/mol. The zero-order chi connectivity index (χ0) is 13.2. The third kappa shape index (κ3) is 2.56. The number of aryl methyl sites for hydroxylation is 1. The van der Waals surface area contributed by atoms with Crippen LogP contribution < -0.4 is 0 Å². The molecule has 0 spiro atoms. The monoisotopic (exact) mass is 251 g/mol. The first-order valence-electron chi connectivity index (χ1n) is 6.50. The fourth-order valence-electron chi connectivity index (χ4n) is 2.83. The molecular formula is C13H21N3O2. The molecule has 1 aromatic heterocycles. The standard InChI is InChI=1S/C13H21N3O2/c1-3-5-13(12(17)18)6-8-16(10-13)9-11-4-7-15(2)14-11/h4,7H,3,5-6,8-10H2,1-2H3,(H,17,18). The van der Waals surface area contributed by atoms with Gasteiger partial charge in [0.15, 0.2) is 0 Å². The van der Waals surface area contributed by atoms with Gasteiger partial charge in [0.25, 0.3) is 0 Å². The molecule has 1 aliphatic heterocycles. The van der Waals surface area contributed by atoms with Crippen molar-refractivity contribution in [1.82, 2.24) is 14.7 Å². The van der Waals surface area contributed by atoms with Crippen LogP contribution in [-0.2, 0) is 18.4 Å². The second-order valence-corrected chi connectivity index (χ2v) is 5.28. The molecule has 1 unspecified atom stereocenters. The molecule has 0 radical (unpaired) electrons. The molecule has 1 aliphatic rings. The van der Waals surface area contributed by atoms with Crippen LogP contribution in [0.5, 0.6) is 0 Å². The summed E-state index contributed by atoms with van der Waals surface area (Å²) < 4.78 is 1.78. The van der Waals surface area contributed by atoms with Crippen molar-refractivity contribution >= 4 is 5.97 Å². The lowest BCUT2D eigenvalue weighted by atomic mass is 9.83. The molecule has 0 saturated carbocycles. The van der Waals surface area contributed by atoms with E-state index in [1.54, 1.807) is 4.68 Å². The lowest BCUT2D eigenvalue weighted by Gasteiger charge is -2.24. The molecule has 0 aromatic carbocycles. The predicted octanol–water partition coefficient (Wildman–Crippen LogP) is 1.50. The third-order valence-electron chi connectivity index (χ3n) is 3.77. The summed E-state index contributed by atoms with van der Waals surface area (Å²) in [5.74, 6) is -0.645. The highest BCUT2D eigenvalue weighted by Gasteiger charge is 2.43. The maximum Gasteiger partial charge on any atom is 0.310 e. The van der Waals surface area contributed by atoms with Gasteiger partial charge in [-0.05, 0) is 25.5 Å². The summed E-state index contributed by atoms with van der Waals surface area (Å²) in [4.78, 5) is 13.7. The van der Waals surface area contributed by atoms with Crippen LogP contribution >= 0.6 is 0 Å². The van der Waals surface area contributed by atoms with Gasteiger partial charge in [-0.25, -0.2) is 0 Å². The van der Waals surface area contributed by atoms with E-state index < -0.39 is 11.4 Å². The number of likely N-dealkylation sites (tertiary alicyclic amines) is 1. The molecule has 100 valence electrons. The van der Waals surface area contributed by atoms with E-state index in [2.05, 4.69) is 10.00 Å². The topological polar surface area (TPSA) is 58.4 Å². The molecule has 1 aromatic rings. The van der Waals surface area contributed by atoms with Crippen molar-refractivity contribution in [2.75, 3.05) is 13.1 Å². The van der Waals surface area contributed by atoms with Gasteiger partial charge < -0.3 is 5.11 Å². The lowest BCUT2D eigenvalue weighted by molar-refractivity contribution is -0.148. The second kappa shape index (κ2) is 5.10. The maximum atomic E-state index is 11.5. The smallest absolute Gasteiger partial charge is 0.310 e. The second-order valence-electron chi connectivity index (χ2n) is 5.28. The molecular weight excluding hydrogens is 230 g/mol. The van der Waals surface area contributed by atoms with E-state index in [0.29, 0.717) is 6.54 Å². The predicted molar refractivity (Wildman–Crippen MR) is 68.1 cm³/mol. The maximum absolute atomic E-state index is 11.5. The summed E-state index contributed by atoms with van der Waals surface area (Å²) in [5.41, 5.74) is 0.471. The molecule has 0 amide bonds. The molecule has 5 nitrogen and oxygen atoms in total. The molecule has 18 heavy (non-hydrogen) atoms. The van der Waals surface area contributed by atoms with E-state index in [1.807, 2.05) is 26.2 Å². The van der Waals surface area contributed by atoms with E-state index in [1.165, 1.54) is 0 Å². The highest BCUT2D eigenvalue weighted by molar-refractivity contribution is 5.75. The van der Waals surface area contributed by atoms with Gasteiger partial charge in [0, 0.05) is 26.3 Å². The number of carboxylic acid groups (broad SMARTS) is 1. The van der Waals surface area contributed by atoms with Crippen LogP contribution in [0.1, 0.15) is 31.9 Å². The Balaban J connectivity index is 2.00. The van der Waals surface area contributed by atoms with Gasteiger partial charge in [0.1, 0.15) is 0 Å². The largest absolute Gasteiger partial charge is 0.481 e. The van der Waals surface area contributed by atoms with Crippen LogP contribution in [0.2, 0.25) is 0 Å². The molecule has 1 fully saturated rings. The normalized spacial score (nSPS) is 24.6. The lowest BCUT2D eigenvalue weighted by Crippen LogP contribution is -2.34. The van der Waals surface area contributed by atoms with Crippen LogP contribution in [-0.4, -0.2) is 38.8 Å². The van der Waals surface area contributed by atoms with Gasteiger partial charge in [-0.3, -0.25) is 14.4 Å². The SMILES string of the molecule is CCCC1(C(=O)O)CCN(Cc2ccn(C)n2)C1. The van der Waals surface area contributed by atoms with Crippen molar-refractivity contribution < 1.29 is 9.90 Å². The quantitative estimate of drug-likeness (QED) is 0.861. The molecule has 2 rings (SSSR count). The Labute approximate surface area is 107 Å². The Morgan fingerprint density at radius 2 is 2.39 bits per heavy atom. The molecule has 1 N–H and O–H groups in total. The van der Waals surface area contributed by atoms with Crippen molar-refractivity contribution in [2.45, 2.75) is 32.7 Å². The minimum Gasteiger partial charge on any atom is -0.481 e. The van der Waals surface area contributed by atoms with Gasteiger partial charge in [0.05, 0.1) is 11.1 Å². The minimum atomic E-state index is -0.645. The van der Waals surface area contributed by atoms with Crippen LogP contribution in [0.25, 0.3) is 0 Å². The zero-order valence-electron chi connectivity index (χ0n) is 11.1. The number of nitrogens with zero attached hydrogens (tertiary/aromatic N) is 3. The van der Waals surface area contributed by atoms with E-state index >= 15 is 0 Å². The number of carboxylic acids is 1. The van der Waals surface area contributed by atoms with Gasteiger partial charge in [0.2, 0.25) is 0 Å².